The average molecular weight is 347 g/mol. The normalized spacial score (nSPS) is 12.5. The third-order valence-corrected chi connectivity index (χ3v) is 3.82. The van der Waals surface area contributed by atoms with E-state index in [4.69, 9.17) is 0 Å². The maximum absolute atomic E-state index is 9.60. The lowest BCUT2D eigenvalue weighted by Crippen LogP contribution is -2.17. The summed E-state index contributed by atoms with van der Waals surface area (Å²) >= 11 is 3.45. The number of aromatic nitrogens is 3. The summed E-state index contributed by atoms with van der Waals surface area (Å²) in [5, 5.41) is 17.3. The van der Waals surface area contributed by atoms with Crippen molar-refractivity contribution in [3.05, 3.63) is 58.8 Å². The monoisotopic (exact) mass is 346 g/mol. The average Bonchev–Trinajstić information content (AvgIpc) is 2.95. The van der Waals surface area contributed by atoms with Gasteiger partial charge in [0.15, 0.2) is 5.65 Å². The molecule has 0 radical (unpaired) electrons. The van der Waals surface area contributed by atoms with Crippen molar-refractivity contribution in [2.24, 2.45) is 0 Å². The van der Waals surface area contributed by atoms with Gasteiger partial charge in [0.2, 0.25) is 0 Å². The van der Waals surface area contributed by atoms with Crippen LogP contribution in [-0.4, -0.2) is 32.9 Å². The first-order valence-corrected chi connectivity index (χ1v) is 7.46. The van der Waals surface area contributed by atoms with Crippen LogP contribution in [0.1, 0.15) is 11.5 Å². The lowest BCUT2D eigenvalue weighted by molar-refractivity contribution is 0.270. The lowest BCUT2D eigenvalue weighted by Gasteiger charge is -2.16. The van der Waals surface area contributed by atoms with E-state index in [-0.39, 0.29) is 12.5 Å². The first-order valence-electron chi connectivity index (χ1n) is 6.67. The van der Waals surface area contributed by atoms with Gasteiger partial charge in [0.1, 0.15) is 5.82 Å². The van der Waals surface area contributed by atoms with Crippen molar-refractivity contribution in [1.82, 2.24) is 14.6 Å². The summed E-state index contributed by atoms with van der Waals surface area (Å²) in [7, 11) is 0. The van der Waals surface area contributed by atoms with Crippen molar-refractivity contribution >= 4 is 27.4 Å². The van der Waals surface area contributed by atoms with Crippen LogP contribution in [0.2, 0.25) is 0 Å². The predicted molar refractivity (Wildman–Crippen MR) is 85.4 cm³/mol. The van der Waals surface area contributed by atoms with Crippen LogP contribution in [0.25, 0.3) is 5.65 Å². The van der Waals surface area contributed by atoms with Crippen molar-refractivity contribution < 1.29 is 5.11 Å². The molecule has 1 aromatic carbocycles. The number of rotatable bonds is 5. The number of hydrogen-bond donors (Lipinski definition) is 2. The molecule has 2 N–H and O–H groups in total. The molecule has 21 heavy (non-hydrogen) atoms. The SMILES string of the molecule is OCC(CNc1ccc2nccn2n1)c1cccc(Br)c1. The van der Waals surface area contributed by atoms with E-state index >= 15 is 0 Å². The molecule has 1 unspecified atom stereocenters. The second-order valence-electron chi connectivity index (χ2n) is 4.76. The Bertz CT molecular complexity index is 743. The van der Waals surface area contributed by atoms with Crippen molar-refractivity contribution in [2.75, 3.05) is 18.5 Å². The largest absolute Gasteiger partial charge is 0.396 e. The molecule has 5 nitrogen and oxygen atoms in total. The van der Waals surface area contributed by atoms with E-state index in [1.807, 2.05) is 36.4 Å². The molecule has 0 spiro atoms. The molecule has 108 valence electrons. The number of nitrogens with zero attached hydrogens (tertiary/aromatic N) is 3. The number of halogens is 1. The Hall–Kier alpha value is -1.92. The molecule has 0 amide bonds. The van der Waals surface area contributed by atoms with Crippen LogP contribution in [0, 0.1) is 0 Å². The van der Waals surface area contributed by atoms with Crippen molar-refractivity contribution in [1.29, 1.82) is 0 Å². The summed E-state index contributed by atoms with van der Waals surface area (Å²) in [6.45, 7) is 0.691. The highest BCUT2D eigenvalue weighted by molar-refractivity contribution is 9.10. The van der Waals surface area contributed by atoms with Crippen LogP contribution in [0.5, 0.6) is 0 Å². The molecule has 1 atom stereocenters. The first-order chi connectivity index (χ1) is 10.3. The maximum Gasteiger partial charge on any atom is 0.153 e. The number of benzene rings is 1. The second kappa shape index (κ2) is 6.24. The molecule has 0 saturated heterocycles. The van der Waals surface area contributed by atoms with Crippen molar-refractivity contribution in [2.45, 2.75) is 5.92 Å². The van der Waals surface area contributed by atoms with E-state index in [2.05, 4.69) is 31.3 Å². The van der Waals surface area contributed by atoms with E-state index in [1.165, 1.54) is 0 Å². The molecule has 3 rings (SSSR count). The van der Waals surface area contributed by atoms with Gasteiger partial charge in [0.25, 0.3) is 0 Å². The first kappa shape index (κ1) is 14.0. The number of hydrogen-bond acceptors (Lipinski definition) is 4. The summed E-state index contributed by atoms with van der Waals surface area (Å²) in [6.07, 6.45) is 3.52. The summed E-state index contributed by atoms with van der Waals surface area (Å²) < 4.78 is 2.73. The summed E-state index contributed by atoms with van der Waals surface area (Å²) in [6, 6.07) is 11.8. The van der Waals surface area contributed by atoms with Crippen molar-refractivity contribution in [3.63, 3.8) is 0 Å². The van der Waals surface area contributed by atoms with Crippen LogP contribution in [-0.2, 0) is 0 Å². The summed E-state index contributed by atoms with van der Waals surface area (Å²) in [5.74, 6) is 0.775. The molecule has 0 fully saturated rings. The zero-order valence-electron chi connectivity index (χ0n) is 11.3. The van der Waals surface area contributed by atoms with E-state index in [0.29, 0.717) is 6.54 Å². The maximum atomic E-state index is 9.60. The number of anilines is 1. The van der Waals surface area contributed by atoms with Gasteiger partial charge in [-0.25, -0.2) is 9.50 Å². The Morgan fingerprint density at radius 2 is 2.19 bits per heavy atom. The molecular weight excluding hydrogens is 332 g/mol. The van der Waals surface area contributed by atoms with Gasteiger partial charge in [-0.1, -0.05) is 28.1 Å². The van der Waals surface area contributed by atoms with Gasteiger partial charge >= 0.3 is 0 Å². The van der Waals surface area contributed by atoms with Crippen LogP contribution in [0.15, 0.2) is 53.3 Å². The van der Waals surface area contributed by atoms with Gasteiger partial charge in [0.05, 0.1) is 6.61 Å². The molecule has 0 aliphatic heterocycles. The van der Waals surface area contributed by atoms with Crippen LogP contribution in [0.4, 0.5) is 5.82 Å². The fourth-order valence-electron chi connectivity index (χ4n) is 2.19. The zero-order valence-corrected chi connectivity index (χ0v) is 12.9. The molecule has 0 saturated carbocycles. The Morgan fingerprint density at radius 1 is 1.29 bits per heavy atom. The molecule has 2 aromatic heterocycles. The van der Waals surface area contributed by atoms with E-state index in [1.54, 1.807) is 16.9 Å². The van der Waals surface area contributed by atoms with Crippen LogP contribution in [0.3, 0.4) is 0 Å². The number of nitrogens with one attached hydrogen (secondary N) is 1. The van der Waals surface area contributed by atoms with Gasteiger partial charge in [-0.2, -0.15) is 0 Å². The fourth-order valence-corrected chi connectivity index (χ4v) is 2.60. The molecule has 0 aliphatic carbocycles. The highest BCUT2D eigenvalue weighted by Gasteiger charge is 2.11. The topological polar surface area (TPSA) is 62.5 Å². The van der Waals surface area contributed by atoms with E-state index < -0.39 is 0 Å². The second-order valence-corrected chi connectivity index (χ2v) is 5.68. The minimum absolute atomic E-state index is 0.0165. The Kier molecular flexibility index (Phi) is 4.17. The quantitative estimate of drug-likeness (QED) is 0.745. The van der Waals surface area contributed by atoms with Gasteiger partial charge in [-0.05, 0) is 29.8 Å². The number of aliphatic hydroxyl groups is 1. The molecular formula is C15H15BrN4O. The third-order valence-electron chi connectivity index (χ3n) is 3.33. The van der Waals surface area contributed by atoms with Gasteiger partial charge < -0.3 is 10.4 Å². The Morgan fingerprint density at radius 3 is 3.00 bits per heavy atom. The minimum atomic E-state index is 0.0165. The van der Waals surface area contributed by atoms with Gasteiger partial charge in [-0.3, -0.25) is 0 Å². The molecule has 2 heterocycles. The van der Waals surface area contributed by atoms with Crippen molar-refractivity contribution in [3.8, 4) is 0 Å². The molecule has 3 aromatic rings. The van der Waals surface area contributed by atoms with Gasteiger partial charge in [0, 0.05) is 29.3 Å². The molecule has 0 aliphatic rings. The molecule has 0 bridgehead atoms. The number of imidazole rings is 1. The van der Waals surface area contributed by atoms with Gasteiger partial charge in [-0.15, -0.1) is 5.10 Å². The smallest absolute Gasteiger partial charge is 0.153 e. The Labute approximate surface area is 130 Å². The Balaban J connectivity index is 1.72. The number of aliphatic hydroxyl groups excluding tert-OH is 1. The standard InChI is InChI=1S/C15H15BrN4O/c16-13-3-1-2-11(8-13)12(10-21)9-18-14-4-5-15-17-6-7-20(15)19-14/h1-8,12,21H,9-10H2,(H,18,19). The van der Waals surface area contributed by atoms with Crippen LogP contribution >= 0.6 is 15.9 Å². The molecule has 6 heteroatoms. The summed E-state index contributed by atoms with van der Waals surface area (Å²) in [4.78, 5) is 4.16. The highest BCUT2D eigenvalue weighted by Crippen LogP contribution is 2.20. The zero-order chi connectivity index (χ0) is 14.7. The summed E-state index contributed by atoms with van der Waals surface area (Å²) in [5.41, 5.74) is 1.90. The van der Waals surface area contributed by atoms with Crippen LogP contribution < -0.4 is 5.32 Å². The third kappa shape index (κ3) is 3.22. The lowest BCUT2D eigenvalue weighted by atomic mass is 10.0. The predicted octanol–water partition coefficient (Wildman–Crippen LogP) is 2.68. The van der Waals surface area contributed by atoms with E-state index in [9.17, 15) is 5.11 Å². The number of fused-ring (bicyclic) bond motifs is 1. The fraction of sp³-hybridized carbons (Fsp3) is 0.200. The van der Waals surface area contributed by atoms with E-state index in [0.717, 1.165) is 21.5 Å². The highest BCUT2D eigenvalue weighted by atomic mass is 79.9. The minimum Gasteiger partial charge on any atom is -0.396 e.